The predicted molar refractivity (Wildman–Crippen MR) is 133 cm³/mol. The summed E-state index contributed by atoms with van der Waals surface area (Å²) in [6.45, 7) is 6.75. The zero-order valence-corrected chi connectivity index (χ0v) is 21.8. The van der Waals surface area contributed by atoms with E-state index in [0.717, 1.165) is 49.8 Å². The van der Waals surface area contributed by atoms with Crippen LogP contribution in [0.25, 0.3) is 0 Å². The van der Waals surface area contributed by atoms with Crippen molar-refractivity contribution in [1.29, 1.82) is 0 Å². The number of nitrogens with one attached hydrogen (secondary N) is 2. The second-order valence-electron chi connectivity index (χ2n) is 8.69. The molecule has 1 fully saturated rings. The summed E-state index contributed by atoms with van der Waals surface area (Å²) in [4.78, 5) is 1.06. The van der Waals surface area contributed by atoms with E-state index in [1.807, 2.05) is 32.0 Å². The quantitative estimate of drug-likeness (QED) is 0.358. The van der Waals surface area contributed by atoms with Gasteiger partial charge in [-0.25, -0.2) is 8.42 Å². The normalized spacial score (nSPS) is 18.6. The van der Waals surface area contributed by atoms with Crippen LogP contribution in [0.3, 0.4) is 0 Å². The molecule has 35 heavy (non-hydrogen) atoms. The average molecular weight is 543 g/mol. The molecule has 0 unspecified atom stereocenters. The topological polar surface area (TPSA) is 67.4 Å². The van der Waals surface area contributed by atoms with Crippen molar-refractivity contribution in [1.82, 2.24) is 5.32 Å². The van der Waals surface area contributed by atoms with Gasteiger partial charge in [0, 0.05) is 23.9 Å². The van der Waals surface area contributed by atoms with Gasteiger partial charge in [0.25, 0.3) is 10.0 Å². The predicted octanol–water partition coefficient (Wildman–Crippen LogP) is 6.47. The summed E-state index contributed by atoms with van der Waals surface area (Å²) in [6, 6.07) is 12.2. The SMILES string of the molecule is Cc1cccc(C)c1Sc1ccc(S(=O)(=O)Nc2ccc(C(F)(F)F)c(O[C@]3(C)CCNC3)c2)s1. The summed E-state index contributed by atoms with van der Waals surface area (Å²) in [5.74, 6) is -0.402. The third-order valence-corrected chi connectivity index (χ3v) is 10.1. The molecule has 2 heterocycles. The van der Waals surface area contributed by atoms with Gasteiger partial charge in [0.15, 0.2) is 0 Å². The van der Waals surface area contributed by atoms with Gasteiger partial charge < -0.3 is 10.1 Å². The molecular formula is C24H25F3N2O3S3. The molecule has 1 aromatic heterocycles. The van der Waals surface area contributed by atoms with E-state index in [1.165, 1.54) is 17.8 Å². The van der Waals surface area contributed by atoms with Crippen LogP contribution in [0.4, 0.5) is 18.9 Å². The fourth-order valence-corrected chi connectivity index (χ4v) is 7.55. The maximum absolute atomic E-state index is 13.6. The first-order valence-corrected chi connectivity index (χ1v) is 14.0. The van der Waals surface area contributed by atoms with Crippen LogP contribution in [0.2, 0.25) is 0 Å². The van der Waals surface area contributed by atoms with E-state index in [9.17, 15) is 21.6 Å². The second-order valence-corrected chi connectivity index (χ2v) is 13.0. The van der Waals surface area contributed by atoms with Crippen LogP contribution in [-0.4, -0.2) is 27.1 Å². The molecule has 11 heteroatoms. The van der Waals surface area contributed by atoms with Crippen molar-refractivity contribution in [2.45, 2.75) is 52.3 Å². The highest BCUT2D eigenvalue weighted by Crippen LogP contribution is 2.41. The maximum atomic E-state index is 13.6. The van der Waals surface area contributed by atoms with Crippen molar-refractivity contribution in [3.8, 4) is 5.75 Å². The van der Waals surface area contributed by atoms with Crippen LogP contribution >= 0.6 is 23.1 Å². The lowest BCUT2D eigenvalue weighted by molar-refractivity contribution is -0.139. The molecule has 0 amide bonds. The smallest absolute Gasteiger partial charge is 0.419 e. The molecule has 5 nitrogen and oxygen atoms in total. The molecule has 1 aliphatic heterocycles. The molecule has 4 rings (SSSR count). The number of hydrogen-bond acceptors (Lipinski definition) is 6. The molecule has 1 aliphatic rings. The molecule has 188 valence electrons. The number of aryl methyl sites for hydroxylation is 2. The van der Waals surface area contributed by atoms with E-state index in [1.54, 1.807) is 13.0 Å². The lowest BCUT2D eigenvalue weighted by Crippen LogP contribution is -2.35. The van der Waals surface area contributed by atoms with E-state index < -0.39 is 33.1 Å². The van der Waals surface area contributed by atoms with Crippen LogP contribution in [0, 0.1) is 13.8 Å². The fraction of sp³-hybridized carbons (Fsp3) is 0.333. The van der Waals surface area contributed by atoms with Gasteiger partial charge in [0.1, 0.15) is 15.6 Å². The van der Waals surface area contributed by atoms with Gasteiger partial charge in [-0.3, -0.25) is 4.72 Å². The fourth-order valence-electron chi connectivity index (χ4n) is 3.82. The first kappa shape index (κ1) is 25.9. The largest absolute Gasteiger partial charge is 0.485 e. The number of alkyl halides is 3. The van der Waals surface area contributed by atoms with Gasteiger partial charge in [-0.15, -0.1) is 11.3 Å². The van der Waals surface area contributed by atoms with Crippen LogP contribution in [0.15, 0.2) is 61.8 Å². The number of anilines is 1. The first-order chi connectivity index (χ1) is 16.4. The summed E-state index contributed by atoms with van der Waals surface area (Å²) in [5, 5.41) is 3.07. The lowest BCUT2D eigenvalue weighted by atomic mass is 10.1. The zero-order valence-electron chi connectivity index (χ0n) is 19.3. The Morgan fingerprint density at radius 2 is 1.83 bits per heavy atom. The highest BCUT2D eigenvalue weighted by Gasteiger charge is 2.38. The minimum Gasteiger partial charge on any atom is -0.485 e. The van der Waals surface area contributed by atoms with Crippen LogP contribution in [-0.2, 0) is 16.2 Å². The maximum Gasteiger partial charge on any atom is 0.419 e. The summed E-state index contributed by atoms with van der Waals surface area (Å²) in [6.07, 6.45) is -4.10. The van der Waals surface area contributed by atoms with Gasteiger partial charge >= 0.3 is 6.18 Å². The van der Waals surface area contributed by atoms with Crippen molar-refractivity contribution in [2.24, 2.45) is 0 Å². The highest BCUT2D eigenvalue weighted by atomic mass is 32.3. The van der Waals surface area contributed by atoms with Crippen molar-refractivity contribution >= 4 is 38.8 Å². The summed E-state index contributed by atoms with van der Waals surface area (Å²) in [7, 11) is -4.01. The molecule has 1 saturated heterocycles. The molecular weight excluding hydrogens is 517 g/mol. The van der Waals surface area contributed by atoms with Crippen molar-refractivity contribution < 1.29 is 26.3 Å². The number of ether oxygens (including phenoxy) is 1. The summed E-state index contributed by atoms with van der Waals surface area (Å²) >= 11 is 2.59. The number of rotatable bonds is 7. The number of halogens is 3. The molecule has 0 radical (unpaired) electrons. The van der Waals surface area contributed by atoms with Crippen molar-refractivity contribution in [3.05, 3.63) is 65.2 Å². The van der Waals surface area contributed by atoms with E-state index in [2.05, 4.69) is 10.0 Å². The molecule has 0 spiro atoms. The van der Waals surface area contributed by atoms with Gasteiger partial charge in [0.2, 0.25) is 0 Å². The Morgan fingerprint density at radius 3 is 2.46 bits per heavy atom. The minimum atomic E-state index is -4.64. The third-order valence-electron chi connectivity index (χ3n) is 5.66. The van der Waals surface area contributed by atoms with Gasteiger partial charge in [-0.2, -0.15) is 13.2 Å². The molecule has 0 bridgehead atoms. The number of benzene rings is 2. The van der Waals surface area contributed by atoms with E-state index >= 15 is 0 Å². The Kier molecular flexibility index (Phi) is 7.16. The molecule has 1 atom stereocenters. The number of sulfonamides is 1. The van der Waals surface area contributed by atoms with E-state index in [4.69, 9.17) is 4.74 Å². The third kappa shape index (κ3) is 5.96. The first-order valence-electron chi connectivity index (χ1n) is 10.8. The second kappa shape index (κ2) is 9.68. The van der Waals surface area contributed by atoms with Crippen molar-refractivity contribution in [2.75, 3.05) is 17.8 Å². The zero-order chi connectivity index (χ0) is 25.4. The van der Waals surface area contributed by atoms with E-state index in [-0.39, 0.29) is 9.90 Å². The molecule has 2 N–H and O–H groups in total. The molecule has 0 aliphatic carbocycles. The Bertz CT molecular complexity index is 1310. The van der Waals surface area contributed by atoms with Crippen molar-refractivity contribution in [3.63, 3.8) is 0 Å². The monoisotopic (exact) mass is 542 g/mol. The minimum absolute atomic E-state index is 0.0000857. The average Bonchev–Trinajstić information content (AvgIpc) is 3.39. The van der Waals surface area contributed by atoms with Gasteiger partial charge in [-0.05, 0) is 62.7 Å². The van der Waals surface area contributed by atoms with Crippen LogP contribution in [0.5, 0.6) is 5.75 Å². The van der Waals surface area contributed by atoms with Crippen LogP contribution in [0.1, 0.15) is 30.0 Å². The highest BCUT2D eigenvalue weighted by molar-refractivity contribution is 8.02. The standard InChI is InChI=1S/C24H25F3N2O3S3/c1-15-5-4-6-16(2)22(15)34-20-9-10-21(33-20)35(30,31)29-17-7-8-18(24(25,26)27)19(13-17)32-23(3)11-12-28-14-23/h4-10,13,28-29H,11-12,14H2,1-3H3/t23-/m1/s1. The summed E-state index contributed by atoms with van der Waals surface area (Å²) < 4.78 is 75.8. The lowest BCUT2D eigenvalue weighted by Gasteiger charge is -2.27. The Morgan fingerprint density at radius 1 is 1.11 bits per heavy atom. The molecule has 0 saturated carbocycles. The van der Waals surface area contributed by atoms with Gasteiger partial charge in [0.05, 0.1) is 15.5 Å². The number of hydrogen-bond donors (Lipinski definition) is 2. The Balaban J connectivity index is 1.58. The molecule has 2 aromatic carbocycles. The van der Waals surface area contributed by atoms with Crippen LogP contribution < -0.4 is 14.8 Å². The number of thiophene rings is 1. The Hall–Kier alpha value is -2.21. The molecule has 3 aromatic rings. The van der Waals surface area contributed by atoms with Gasteiger partial charge in [-0.1, -0.05) is 30.0 Å². The summed E-state index contributed by atoms with van der Waals surface area (Å²) in [5.41, 5.74) is 0.422. The Labute approximate surface area is 211 Å². The van der Waals surface area contributed by atoms with E-state index in [0.29, 0.717) is 19.5 Å².